The van der Waals surface area contributed by atoms with Gasteiger partial charge < -0.3 is 12.8 Å². The summed E-state index contributed by atoms with van der Waals surface area (Å²) < 4.78 is 0. The van der Waals surface area contributed by atoms with Crippen LogP contribution in [0.3, 0.4) is 0 Å². The van der Waals surface area contributed by atoms with Crippen molar-refractivity contribution in [2.75, 3.05) is 0 Å². The molecule has 0 bridgehead atoms. The van der Waals surface area contributed by atoms with Crippen LogP contribution >= 0.6 is 0 Å². The van der Waals surface area contributed by atoms with Crippen LogP contribution in [0, 0.1) is 12.8 Å². The van der Waals surface area contributed by atoms with E-state index in [0.717, 1.165) is 11.8 Å². The van der Waals surface area contributed by atoms with Gasteiger partial charge in [0.05, 0.1) is 0 Å². The van der Waals surface area contributed by atoms with Crippen molar-refractivity contribution < 1.29 is 19.5 Å². The summed E-state index contributed by atoms with van der Waals surface area (Å²) in [6, 6.07) is 21.7. The monoisotopic (exact) mass is 382 g/mol. The molecule has 0 spiro atoms. The molecule has 0 amide bonds. The van der Waals surface area contributed by atoms with Gasteiger partial charge >= 0.3 is 19.5 Å². The average Bonchev–Trinajstić information content (AvgIpc) is 2.71. The van der Waals surface area contributed by atoms with Crippen molar-refractivity contribution in [3.05, 3.63) is 84.6 Å². The first-order valence-corrected chi connectivity index (χ1v) is 9.70. The largest absolute Gasteiger partial charge is 2.00 e. The molecule has 2 aliphatic carbocycles. The van der Waals surface area contributed by atoms with E-state index >= 15 is 0 Å². The zero-order chi connectivity index (χ0) is 16.5. The molecule has 1 heteroatoms. The molecule has 2 aliphatic rings. The third-order valence-electron chi connectivity index (χ3n) is 5.30. The molecule has 0 N–H and O–H groups in total. The van der Waals surface area contributed by atoms with Crippen molar-refractivity contribution in [2.45, 2.75) is 63.2 Å². The summed E-state index contributed by atoms with van der Waals surface area (Å²) in [5, 5.41) is 0. The summed E-state index contributed by atoms with van der Waals surface area (Å²) in [4.78, 5) is 0. The van der Waals surface area contributed by atoms with E-state index in [1.807, 2.05) is 0 Å². The molecule has 2 saturated carbocycles. The summed E-state index contributed by atoms with van der Waals surface area (Å²) in [6.45, 7) is 0. The van der Waals surface area contributed by atoms with Gasteiger partial charge in [0.2, 0.25) is 0 Å². The van der Waals surface area contributed by atoms with E-state index in [0.29, 0.717) is 0 Å². The van der Waals surface area contributed by atoms with Crippen LogP contribution < -0.4 is 0 Å². The second kappa shape index (κ2) is 11.6. The van der Waals surface area contributed by atoms with E-state index < -0.39 is 0 Å². The Hall–Kier alpha value is -0.937. The van der Waals surface area contributed by atoms with Crippen LogP contribution in [0.15, 0.2) is 60.7 Å². The van der Waals surface area contributed by atoms with E-state index in [-0.39, 0.29) is 19.5 Å². The van der Waals surface area contributed by atoms with Crippen molar-refractivity contribution in [1.82, 2.24) is 0 Å². The van der Waals surface area contributed by atoms with Gasteiger partial charge in [-0.3, -0.25) is 0 Å². The molecule has 0 radical (unpaired) electrons. The molecule has 0 saturated heterocycles. The van der Waals surface area contributed by atoms with E-state index in [2.05, 4.69) is 73.5 Å². The first kappa shape index (κ1) is 20.4. The van der Waals surface area contributed by atoms with Crippen LogP contribution in [-0.2, 0) is 19.5 Å². The first-order chi connectivity index (χ1) is 11.9. The summed E-state index contributed by atoms with van der Waals surface area (Å²) in [5.74, 6) is 1.47. The minimum Gasteiger partial charge on any atom is -0.321 e. The van der Waals surface area contributed by atoms with Gasteiger partial charge in [-0.15, -0.1) is 11.8 Å². The average molecular weight is 384 g/mol. The number of benzene rings is 2. The van der Waals surface area contributed by atoms with Crippen molar-refractivity contribution in [3.63, 3.8) is 0 Å². The molecular weight excluding hydrogens is 354 g/mol. The Morgan fingerprint density at radius 1 is 0.560 bits per heavy atom. The van der Waals surface area contributed by atoms with Crippen LogP contribution in [0.4, 0.5) is 0 Å². The maximum absolute atomic E-state index is 2.47. The molecule has 2 aromatic carbocycles. The third-order valence-corrected chi connectivity index (χ3v) is 5.30. The molecule has 0 unspecified atom stereocenters. The molecule has 0 heterocycles. The summed E-state index contributed by atoms with van der Waals surface area (Å²) in [5.41, 5.74) is 2.99. The molecular formula is C24H30Zn. The molecule has 2 aromatic rings. The van der Waals surface area contributed by atoms with Crippen LogP contribution in [0.5, 0.6) is 0 Å². The Labute approximate surface area is 167 Å². The molecule has 0 aliphatic heterocycles. The summed E-state index contributed by atoms with van der Waals surface area (Å²) in [6.07, 6.45) is 15.8. The van der Waals surface area contributed by atoms with Gasteiger partial charge in [0.15, 0.2) is 0 Å². The molecule has 128 valence electrons. The number of hydrogen-bond donors (Lipinski definition) is 0. The minimum absolute atomic E-state index is 0. The van der Waals surface area contributed by atoms with Crippen LogP contribution in [0.1, 0.15) is 74.3 Å². The fraction of sp³-hybridized carbons (Fsp3) is 0.417. The maximum Gasteiger partial charge on any atom is 2.00 e. The van der Waals surface area contributed by atoms with Crippen molar-refractivity contribution in [3.8, 4) is 0 Å². The second-order valence-corrected chi connectivity index (χ2v) is 7.07. The van der Waals surface area contributed by atoms with Gasteiger partial charge in [-0.05, 0) is 0 Å². The first-order valence-electron chi connectivity index (χ1n) is 9.70. The summed E-state index contributed by atoms with van der Waals surface area (Å²) >= 11 is 0. The zero-order valence-corrected chi connectivity index (χ0v) is 18.4. The van der Waals surface area contributed by atoms with Gasteiger partial charge in [-0.1, -0.05) is 110 Å². The van der Waals surface area contributed by atoms with Crippen LogP contribution in [0.25, 0.3) is 0 Å². The van der Waals surface area contributed by atoms with E-state index in [1.165, 1.54) is 62.5 Å². The Kier molecular flexibility index (Phi) is 9.48. The van der Waals surface area contributed by atoms with Gasteiger partial charge in [-0.25, -0.2) is 0 Å². The topological polar surface area (TPSA) is 0 Å². The Morgan fingerprint density at radius 3 is 1.28 bits per heavy atom. The van der Waals surface area contributed by atoms with Crippen molar-refractivity contribution >= 4 is 0 Å². The van der Waals surface area contributed by atoms with Gasteiger partial charge in [-0.2, -0.15) is 12.8 Å². The van der Waals surface area contributed by atoms with E-state index in [9.17, 15) is 0 Å². The van der Waals surface area contributed by atoms with Crippen molar-refractivity contribution in [1.29, 1.82) is 0 Å². The number of rotatable bonds is 2. The van der Waals surface area contributed by atoms with Crippen molar-refractivity contribution in [2.24, 2.45) is 0 Å². The second-order valence-electron chi connectivity index (χ2n) is 7.07. The standard InChI is InChI=1S/2C12H15.Zn/c2*1-3-7-11(8-4-1)12-9-5-2-6-10-12;/h2*1,3-4,7-9,12H,2,5-6,10H2;/q2*-1;+2/t2*12-;/m00./s1. The fourth-order valence-electron chi connectivity index (χ4n) is 3.90. The van der Waals surface area contributed by atoms with Crippen LogP contribution in [-0.4, -0.2) is 0 Å². The van der Waals surface area contributed by atoms with E-state index in [1.54, 1.807) is 0 Å². The Balaban J connectivity index is 0.000000173. The quantitative estimate of drug-likeness (QED) is 0.383. The molecule has 2 atom stereocenters. The van der Waals surface area contributed by atoms with E-state index in [4.69, 9.17) is 0 Å². The van der Waals surface area contributed by atoms with Gasteiger partial charge in [0, 0.05) is 0 Å². The molecule has 25 heavy (non-hydrogen) atoms. The molecule has 0 aromatic heterocycles. The SMILES string of the molecule is [Zn+2].c1ccc([C@H]2[CH-]CCCC2)cc1.c1ccc([C@H]2[CH-]CCCC2)cc1. The number of hydrogen-bond acceptors (Lipinski definition) is 0. The fourth-order valence-corrected chi connectivity index (χ4v) is 3.90. The molecule has 0 nitrogen and oxygen atoms in total. The maximum atomic E-state index is 2.47. The minimum atomic E-state index is 0. The Bertz CT molecular complexity index is 498. The third kappa shape index (κ3) is 6.71. The van der Waals surface area contributed by atoms with Crippen LogP contribution in [0.2, 0.25) is 0 Å². The Morgan fingerprint density at radius 2 is 0.960 bits per heavy atom. The predicted octanol–water partition coefficient (Wildman–Crippen LogP) is 7.09. The molecule has 4 rings (SSSR count). The van der Waals surface area contributed by atoms with Gasteiger partial charge in [0.1, 0.15) is 0 Å². The normalized spacial score (nSPS) is 22.9. The summed E-state index contributed by atoms with van der Waals surface area (Å²) in [7, 11) is 0. The molecule has 2 fully saturated rings. The predicted molar refractivity (Wildman–Crippen MR) is 104 cm³/mol. The smallest absolute Gasteiger partial charge is 0.321 e. The zero-order valence-electron chi connectivity index (χ0n) is 15.4. The van der Waals surface area contributed by atoms with Gasteiger partial charge in [0.25, 0.3) is 0 Å².